The van der Waals surface area contributed by atoms with Gasteiger partial charge in [0.2, 0.25) is 11.1 Å². The molecular formula is C19H21N5OS. The zero-order chi connectivity index (χ0) is 18.4. The van der Waals surface area contributed by atoms with E-state index >= 15 is 0 Å². The fourth-order valence-corrected chi connectivity index (χ4v) is 3.18. The lowest BCUT2D eigenvalue weighted by molar-refractivity contribution is -0.130. The van der Waals surface area contributed by atoms with Crippen molar-refractivity contribution in [2.24, 2.45) is 0 Å². The van der Waals surface area contributed by atoms with Gasteiger partial charge in [-0.25, -0.2) is 4.98 Å². The molecule has 1 aromatic carbocycles. The summed E-state index contributed by atoms with van der Waals surface area (Å²) < 4.78 is 0. The minimum atomic E-state index is 0.0733. The highest BCUT2D eigenvalue weighted by atomic mass is 32.2. The van der Waals surface area contributed by atoms with Gasteiger partial charge in [0.05, 0.1) is 5.75 Å². The maximum absolute atomic E-state index is 12.7. The summed E-state index contributed by atoms with van der Waals surface area (Å²) in [6.45, 7) is 4.66. The van der Waals surface area contributed by atoms with E-state index in [2.05, 4.69) is 20.2 Å². The molecule has 3 aromatic rings. The summed E-state index contributed by atoms with van der Waals surface area (Å²) in [5.41, 5.74) is 2.04. The summed E-state index contributed by atoms with van der Waals surface area (Å²) in [6.07, 6.45) is 3.41. The molecule has 26 heavy (non-hydrogen) atoms. The molecule has 0 saturated heterocycles. The highest BCUT2D eigenvalue weighted by Gasteiger charge is 2.18. The van der Waals surface area contributed by atoms with Crippen molar-refractivity contribution in [3.8, 4) is 11.4 Å². The van der Waals surface area contributed by atoms with Crippen molar-refractivity contribution in [2.45, 2.75) is 31.6 Å². The average Bonchev–Trinajstić information content (AvgIpc) is 3.14. The highest BCUT2D eigenvalue weighted by molar-refractivity contribution is 7.99. The second-order valence-electron chi connectivity index (χ2n) is 6.09. The zero-order valence-corrected chi connectivity index (χ0v) is 15.6. The molecule has 0 atom stereocenters. The number of thioether (sulfide) groups is 1. The number of aromatic amines is 1. The smallest absolute Gasteiger partial charge is 0.233 e. The molecule has 0 aliphatic heterocycles. The van der Waals surface area contributed by atoms with Crippen LogP contribution in [-0.4, -0.2) is 42.8 Å². The van der Waals surface area contributed by atoms with Crippen molar-refractivity contribution in [2.75, 3.05) is 5.75 Å². The van der Waals surface area contributed by atoms with E-state index in [1.807, 2.05) is 61.2 Å². The molecule has 0 radical (unpaired) electrons. The van der Waals surface area contributed by atoms with Crippen LogP contribution in [-0.2, 0) is 11.3 Å². The molecule has 0 aliphatic rings. The van der Waals surface area contributed by atoms with E-state index in [1.165, 1.54) is 11.8 Å². The summed E-state index contributed by atoms with van der Waals surface area (Å²) in [5, 5.41) is 7.65. The molecule has 0 unspecified atom stereocenters. The van der Waals surface area contributed by atoms with Gasteiger partial charge < -0.3 is 4.90 Å². The molecule has 0 aliphatic carbocycles. The van der Waals surface area contributed by atoms with Crippen LogP contribution in [0, 0.1) is 0 Å². The number of hydrogen-bond donors (Lipinski definition) is 1. The Bertz CT molecular complexity index is 835. The van der Waals surface area contributed by atoms with E-state index in [4.69, 9.17) is 0 Å². The lowest BCUT2D eigenvalue weighted by Gasteiger charge is -2.26. The molecule has 2 heterocycles. The summed E-state index contributed by atoms with van der Waals surface area (Å²) in [5.74, 6) is 1.05. The quantitative estimate of drug-likeness (QED) is 0.648. The number of amides is 1. The zero-order valence-electron chi connectivity index (χ0n) is 14.8. The number of benzene rings is 1. The Morgan fingerprint density at radius 3 is 2.58 bits per heavy atom. The molecule has 3 rings (SSSR count). The van der Waals surface area contributed by atoms with E-state index < -0.39 is 0 Å². The van der Waals surface area contributed by atoms with Gasteiger partial charge in [0.15, 0.2) is 5.82 Å². The van der Waals surface area contributed by atoms with Gasteiger partial charge in [-0.3, -0.25) is 14.9 Å². The van der Waals surface area contributed by atoms with Crippen molar-refractivity contribution in [1.29, 1.82) is 0 Å². The number of aromatic nitrogens is 4. The predicted octanol–water partition coefficient (Wildman–Crippen LogP) is 3.40. The van der Waals surface area contributed by atoms with Crippen LogP contribution < -0.4 is 0 Å². The van der Waals surface area contributed by atoms with Crippen LogP contribution in [0.2, 0.25) is 0 Å². The Morgan fingerprint density at radius 2 is 1.88 bits per heavy atom. The third-order valence-corrected chi connectivity index (χ3v) is 4.71. The number of carbonyl (C=O) groups excluding carboxylic acids is 1. The van der Waals surface area contributed by atoms with Gasteiger partial charge in [-0.05, 0) is 31.5 Å². The summed E-state index contributed by atoms with van der Waals surface area (Å²) in [4.78, 5) is 23.0. The third kappa shape index (κ3) is 4.70. The summed E-state index contributed by atoms with van der Waals surface area (Å²) in [7, 11) is 0. The fraction of sp³-hybridized carbons (Fsp3) is 0.263. The topological polar surface area (TPSA) is 74.8 Å². The third-order valence-electron chi connectivity index (χ3n) is 3.88. The van der Waals surface area contributed by atoms with Crippen LogP contribution in [0.15, 0.2) is 60.0 Å². The van der Waals surface area contributed by atoms with E-state index in [0.717, 1.165) is 11.1 Å². The number of carbonyl (C=O) groups is 1. The lowest BCUT2D eigenvalue weighted by Crippen LogP contribution is -2.37. The SMILES string of the molecule is CC(C)N(Cc1ccccc1)C(=O)CSc1n[nH]c(-c2ccncc2)n1. The van der Waals surface area contributed by atoms with Crippen LogP contribution in [0.1, 0.15) is 19.4 Å². The first-order chi connectivity index (χ1) is 12.6. The normalized spacial score (nSPS) is 10.9. The standard InChI is InChI=1S/C19H21N5OS/c1-14(2)24(12-15-6-4-3-5-7-15)17(25)13-26-19-21-18(22-23-19)16-8-10-20-11-9-16/h3-11,14H,12-13H2,1-2H3,(H,21,22,23). The average molecular weight is 367 g/mol. The molecular weight excluding hydrogens is 346 g/mol. The van der Waals surface area contributed by atoms with Gasteiger partial charge >= 0.3 is 0 Å². The highest BCUT2D eigenvalue weighted by Crippen LogP contribution is 2.19. The molecule has 0 bridgehead atoms. The minimum Gasteiger partial charge on any atom is -0.335 e. The second kappa shape index (κ2) is 8.62. The van der Waals surface area contributed by atoms with E-state index in [1.54, 1.807) is 12.4 Å². The minimum absolute atomic E-state index is 0.0733. The first kappa shape index (κ1) is 18.1. The van der Waals surface area contributed by atoms with Crippen LogP contribution in [0.5, 0.6) is 0 Å². The van der Waals surface area contributed by atoms with Gasteiger partial charge in [0, 0.05) is 30.5 Å². The van der Waals surface area contributed by atoms with Crippen molar-refractivity contribution >= 4 is 17.7 Å². The monoisotopic (exact) mass is 367 g/mol. The molecule has 7 heteroatoms. The van der Waals surface area contributed by atoms with Crippen LogP contribution in [0.25, 0.3) is 11.4 Å². The first-order valence-corrected chi connectivity index (χ1v) is 9.41. The van der Waals surface area contributed by atoms with E-state index in [-0.39, 0.29) is 11.9 Å². The number of nitrogens with zero attached hydrogens (tertiary/aromatic N) is 4. The lowest BCUT2D eigenvalue weighted by atomic mass is 10.2. The Labute approximate surface area is 157 Å². The predicted molar refractivity (Wildman–Crippen MR) is 102 cm³/mol. The Hall–Kier alpha value is -2.67. The molecule has 1 N–H and O–H groups in total. The second-order valence-corrected chi connectivity index (χ2v) is 7.03. The summed E-state index contributed by atoms with van der Waals surface area (Å²) in [6, 6.07) is 13.9. The van der Waals surface area contributed by atoms with Gasteiger partial charge in [0.1, 0.15) is 0 Å². The molecule has 134 valence electrons. The number of hydrogen-bond acceptors (Lipinski definition) is 5. The Morgan fingerprint density at radius 1 is 1.15 bits per heavy atom. The molecule has 0 spiro atoms. The number of pyridine rings is 1. The fourth-order valence-electron chi connectivity index (χ4n) is 2.50. The van der Waals surface area contributed by atoms with Crippen LogP contribution in [0.4, 0.5) is 0 Å². The molecule has 0 saturated carbocycles. The van der Waals surface area contributed by atoms with Crippen LogP contribution >= 0.6 is 11.8 Å². The maximum Gasteiger partial charge on any atom is 0.233 e. The molecule has 6 nitrogen and oxygen atoms in total. The van der Waals surface area contributed by atoms with Gasteiger partial charge in [-0.15, -0.1) is 5.10 Å². The van der Waals surface area contributed by atoms with Crippen molar-refractivity contribution in [3.05, 3.63) is 60.4 Å². The molecule has 0 fully saturated rings. The van der Waals surface area contributed by atoms with Crippen LogP contribution in [0.3, 0.4) is 0 Å². The maximum atomic E-state index is 12.7. The first-order valence-electron chi connectivity index (χ1n) is 8.42. The number of H-pyrrole nitrogens is 1. The van der Waals surface area contributed by atoms with Crippen molar-refractivity contribution in [3.63, 3.8) is 0 Å². The van der Waals surface area contributed by atoms with Crippen molar-refractivity contribution < 1.29 is 4.79 Å². The number of nitrogens with one attached hydrogen (secondary N) is 1. The Balaban J connectivity index is 1.61. The van der Waals surface area contributed by atoms with E-state index in [0.29, 0.717) is 23.3 Å². The van der Waals surface area contributed by atoms with Crippen molar-refractivity contribution in [1.82, 2.24) is 25.1 Å². The summed E-state index contributed by atoms with van der Waals surface area (Å²) >= 11 is 1.34. The Kier molecular flexibility index (Phi) is 6.01. The number of rotatable bonds is 7. The van der Waals surface area contributed by atoms with Gasteiger partial charge in [-0.2, -0.15) is 0 Å². The molecule has 1 amide bonds. The van der Waals surface area contributed by atoms with Gasteiger partial charge in [0.25, 0.3) is 0 Å². The largest absolute Gasteiger partial charge is 0.335 e. The van der Waals surface area contributed by atoms with Gasteiger partial charge in [-0.1, -0.05) is 42.1 Å². The molecule has 2 aromatic heterocycles. The van der Waals surface area contributed by atoms with E-state index in [9.17, 15) is 4.79 Å².